The van der Waals surface area contributed by atoms with Crippen molar-refractivity contribution in [3.8, 4) is 0 Å². The first-order valence-corrected chi connectivity index (χ1v) is 6.56. The van der Waals surface area contributed by atoms with E-state index in [9.17, 15) is 9.59 Å². The van der Waals surface area contributed by atoms with Gasteiger partial charge in [-0.05, 0) is 19.9 Å². The van der Waals surface area contributed by atoms with Crippen LogP contribution in [-0.4, -0.2) is 62.1 Å². The number of nitrogens with zero attached hydrogens (tertiary/aromatic N) is 1. The molecule has 1 unspecified atom stereocenters. The van der Waals surface area contributed by atoms with Crippen molar-refractivity contribution in [2.75, 3.05) is 39.4 Å². The van der Waals surface area contributed by atoms with E-state index in [2.05, 4.69) is 10.6 Å². The fourth-order valence-electron chi connectivity index (χ4n) is 1.89. The van der Waals surface area contributed by atoms with Gasteiger partial charge >= 0.3 is 0 Å². The Morgan fingerprint density at radius 3 is 2.83 bits per heavy atom. The molecule has 6 nitrogen and oxygen atoms in total. The number of ether oxygens (including phenoxy) is 1. The van der Waals surface area contributed by atoms with Crippen molar-refractivity contribution in [3.05, 3.63) is 0 Å². The molecular weight excluding hydrogens is 234 g/mol. The summed E-state index contributed by atoms with van der Waals surface area (Å²) in [7, 11) is 0. The first-order chi connectivity index (χ1) is 8.70. The highest BCUT2D eigenvalue weighted by Crippen LogP contribution is 2.07. The Hall–Kier alpha value is -1.14. The van der Waals surface area contributed by atoms with Gasteiger partial charge in [0, 0.05) is 13.1 Å². The molecule has 1 atom stereocenters. The van der Waals surface area contributed by atoms with Crippen molar-refractivity contribution < 1.29 is 14.3 Å². The molecular formula is C12H23N3O3. The minimum absolute atomic E-state index is 0.0389. The van der Waals surface area contributed by atoms with Gasteiger partial charge in [-0.15, -0.1) is 0 Å². The summed E-state index contributed by atoms with van der Waals surface area (Å²) in [6.45, 7) is 6.81. The zero-order chi connectivity index (χ0) is 13.4. The van der Waals surface area contributed by atoms with E-state index >= 15 is 0 Å². The average molecular weight is 257 g/mol. The minimum Gasteiger partial charge on any atom is -0.377 e. The fourth-order valence-corrected chi connectivity index (χ4v) is 1.89. The van der Waals surface area contributed by atoms with Gasteiger partial charge in [0.25, 0.3) is 0 Å². The van der Waals surface area contributed by atoms with Gasteiger partial charge in [-0.25, -0.2) is 0 Å². The van der Waals surface area contributed by atoms with Crippen LogP contribution in [0.5, 0.6) is 0 Å². The molecule has 2 N–H and O–H groups in total. The van der Waals surface area contributed by atoms with Crippen LogP contribution in [0.3, 0.4) is 0 Å². The van der Waals surface area contributed by atoms with Gasteiger partial charge in [-0.2, -0.15) is 0 Å². The number of hydrogen-bond acceptors (Lipinski definition) is 4. The Bertz CT molecular complexity index is 284. The van der Waals surface area contributed by atoms with E-state index in [4.69, 9.17) is 4.74 Å². The molecule has 1 rings (SSSR count). The maximum absolute atomic E-state index is 12.0. The Morgan fingerprint density at radius 2 is 2.17 bits per heavy atom. The van der Waals surface area contributed by atoms with Crippen molar-refractivity contribution in [2.24, 2.45) is 0 Å². The molecule has 0 aromatic rings. The van der Waals surface area contributed by atoms with Crippen LogP contribution in [0, 0.1) is 0 Å². The Morgan fingerprint density at radius 1 is 1.39 bits per heavy atom. The number of rotatable bonds is 6. The van der Waals surface area contributed by atoms with Gasteiger partial charge in [0.05, 0.1) is 19.8 Å². The monoisotopic (exact) mass is 257 g/mol. The van der Waals surface area contributed by atoms with Crippen molar-refractivity contribution in [1.82, 2.24) is 15.5 Å². The average Bonchev–Trinajstić information content (AvgIpc) is 2.39. The van der Waals surface area contributed by atoms with Crippen LogP contribution in [0.4, 0.5) is 0 Å². The molecule has 0 radical (unpaired) electrons. The summed E-state index contributed by atoms with van der Waals surface area (Å²) in [5, 5.41) is 5.79. The van der Waals surface area contributed by atoms with Gasteiger partial charge in [-0.3, -0.25) is 9.59 Å². The molecule has 18 heavy (non-hydrogen) atoms. The number of carbonyl (C=O) groups is 2. The molecule has 0 spiro atoms. The maximum Gasteiger partial charge on any atom is 0.245 e. The Kier molecular flexibility index (Phi) is 6.67. The first kappa shape index (κ1) is 14.9. The van der Waals surface area contributed by atoms with Gasteiger partial charge in [0.1, 0.15) is 6.04 Å². The third-order valence-electron chi connectivity index (χ3n) is 2.81. The van der Waals surface area contributed by atoms with Gasteiger partial charge in [0.2, 0.25) is 11.8 Å². The Labute approximate surface area is 108 Å². The lowest BCUT2D eigenvalue weighted by molar-refractivity contribution is -0.147. The summed E-state index contributed by atoms with van der Waals surface area (Å²) in [6, 6.07) is -0.491. The molecule has 1 saturated heterocycles. The fraction of sp³-hybridized carbons (Fsp3) is 0.833. The summed E-state index contributed by atoms with van der Waals surface area (Å²) in [5.74, 6) is -0.177. The number of nitrogens with one attached hydrogen (secondary N) is 2. The van der Waals surface area contributed by atoms with Gasteiger partial charge < -0.3 is 20.3 Å². The summed E-state index contributed by atoms with van der Waals surface area (Å²) in [6.07, 6.45) is 0.982. The van der Waals surface area contributed by atoms with Gasteiger partial charge in [0.15, 0.2) is 0 Å². The van der Waals surface area contributed by atoms with Crippen molar-refractivity contribution >= 4 is 11.8 Å². The molecule has 0 aliphatic carbocycles. The minimum atomic E-state index is -0.491. The lowest BCUT2D eigenvalue weighted by atomic mass is 10.2. The van der Waals surface area contributed by atoms with E-state index in [0.29, 0.717) is 19.7 Å². The number of carbonyl (C=O) groups excluding carboxylic acids is 2. The third-order valence-corrected chi connectivity index (χ3v) is 2.81. The predicted molar refractivity (Wildman–Crippen MR) is 68.2 cm³/mol. The first-order valence-electron chi connectivity index (χ1n) is 6.56. The third kappa shape index (κ3) is 4.27. The topological polar surface area (TPSA) is 70.7 Å². The molecule has 6 heteroatoms. The predicted octanol–water partition coefficient (Wildman–Crippen LogP) is -0.650. The second kappa shape index (κ2) is 8.05. The molecule has 2 amide bonds. The molecule has 0 bridgehead atoms. The summed E-state index contributed by atoms with van der Waals surface area (Å²) >= 11 is 0. The van der Waals surface area contributed by atoms with Crippen LogP contribution >= 0.6 is 0 Å². The summed E-state index contributed by atoms with van der Waals surface area (Å²) in [4.78, 5) is 25.5. The molecule has 1 aliphatic rings. The number of likely N-dealkylation sites (N-methyl/N-ethyl adjacent to an activating group) is 1. The van der Waals surface area contributed by atoms with Crippen molar-refractivity contribution in [1.29, 1.82) is 0 Å². The van der Waals surface area contributed by atoms with E-state index in [1.54, 1.807) is 4.90 Å². The quantitative estimate of drug-likeness (QED) is 0.620. The second-order valence-corrected chi connectivity index (χ2v) is 4.25. The molecule has 1 fully saturated rings. The molecule has 0 aromatic heterocycles. The zero-order valence-electron chi connectivity index (χ0n) is 11.2. The SMILES string of the molecule is CCCNCC(=O)N1CCOCC1C(=O)NCC. The highest BCUT2D eigenvalue weighted by Gasteiger charge is 2.31. The van der Waals surface area contributed by atoms with Crippen molar-refractivity contribution in [2.45, 2.75) is 26.3 Å². The number of amides is 2. The van der Waals surface area contributed by atoms with Crippen LogP contribution in [0.1, 0.15) is 20.3 Å². The van der Waals surface area contributed by atoms with E-state index in [0.717, 1.165) is 13.0 Å². The summed E-state index contributed by atoms with van der Waals surface area (Å²) < 4.78 is 5.28. The highest BCUT2D eigenvalue weighted by molar-refractivity contribution is 5.88. The molecule has 1 heterocycles. The Balaban J connectivity index is 2.52. The molecule has 0 aromatic carbocycles. The van der Waals surface area contributed by atoms with Gasteiger partial charge in [-0.1, -0.05) is 6.92 Å². The molecule has 1 aliphatic heterocycles. The van der Waals surface area contributed by atoms with Crippen LogP contribution < -0.4 is 10.6 Å². The summed E-state index contributed by atoms with van der Waals surface area (Å²) in [5.41, 5.74) is 0. The lowest BCUT2D eigenvalue weighted by Gasteiger charge is -2.34. The normalized spacial score (nSPS) is 19.7. The van der Waals surface area contributed by atoms with Crippen molar-refractivity contribution in [3.63, 3.8) is 0 Å². The standard InChI is InChI=1S/C12H23N3O3/c1-3-5-13-8-11(16)15-6-7-18-9-10(15)12(17)14-4-2/h10,13H,3-9H2,1-2H3,(H,14,17). The van der Waals surface area contributed by atoms with E-state index < -0.39 is 6.04 Å². The van der Waals surface area contributed by atoms with E-state index in [1.807, 2.05) is 13.8 Å². The second-order valence-electron chi connectivity index (χ2n) is 4.25. The van der Waals surface area contributed by atoms with Crippen LogP contribution in [0.25, 0.3) is 0 Å². The number of morpholine rings is 1. The van der Waals surface area contributed by atoms with Crippen LogP contribution in [0.2, 0.25) is 0 Å². The molecule has 0 saturated carbocycles. The smallest absolute Gasteiger partial charge is 0.245 e. The van der Waals surface area contributed by atoms with E-state index in [1.165, 1.54) is 0 Å². The number of hydrogen-bond donors (Lipinski definition) is 2. The zero-order valence-corrected chi connectivity index (χ0v) is 11.2. The van der Waals surface area contributed by atoms with Crippen LogP contribution in [-0.2, 0) is 14.3 Å². The van der Waals surface area contributed by atoms with Crippen LogP contribution in [0.15, 0.2) is 0 Å². The lowest BCUT2D eigenvalue weighted by Crippen LogP contribution is -2.57. The van der Waals surface area contributed by atoms with E-state index in [-0.39, 0.29) is 25.0 Å². The molecule has 104 valence electrons. The maximum atomic E-state index is 12.0. The largest absolute Gasteiger partial charge is 0.377 e. The highest BCUT2D eigenvalue weighted by atomic mass is 16.5.